The molecule has 1 atom stereocenters. The summed E-state index contributed by atoms with van der Waals surface area (Å²) >= 11 is 0. The first-order valence-electron chi connectivity index (χ1n) is 12.1. The molecule has 0 heterocycles. The van der Waals surface area contributed by atoms with Crippen LogP contribution in [0.2, 0.25) is 0 Å². The average Bonchev–Trinajstić information content (AvgIpc) is 2.80. The van der Waals surface area contributed by atoms with Crippen LogP contribution in [0.15, 0.2) is 29.3 Å². The van der Waals surface area contributed by atoms with Gasteiger partial charge in [-0.2, -0.15) is 0 Å². The summed E-state index contributed by atoms with van der Waals surface area (Å²) in [4.78, 5) is 19.3. The zero-order valence-electron chi connectivity index (χ0n) is 20.0. The lowest BCUT2D eigenvalue weighted by atomic mass is 9.88. The number of aliphatic imine (C=N–C) groups is 1. The van der Waals surface area contributed by atoms with Crippen molar-refractivity contribution >= 4 is 17.6 Å². The summed E-state index contributed by atoms with van der Waals surface area (Å²) in [5.41, 5.74) is 2.00. The first-order valence-corrected chi connectivity index (χ1v) is 12.1. The SMILES string of the molecule is CCN(CC)CCCC(C)NC(=NC)NCc1cccc(NC(=O)C2CCCCC2)c1. The molecule has 0 aromatic heterocycles. The topological polar surface area (TPSA) is 68.8 Å². The molecule has 0 aliphatic heterocycles. The molecular formula is C25H43N5O. The number of nitrogens with zero attached hydrogens (tertiary/aromatic N) is 2. The predicted molar refractivity (Wildman–Crippen MR) is 131 cm³/mol. The second kappa shape index (κ2) is 14.1. The van der Waals surface area contributed by atoms with Crippen LogP contribution in [0.3, 0.4) is 0 Å². The molecule has 1 unspecified atom stereocenters. The highest BCUT2D eigenvalue weighted by molar-refractivity contribution is 5.92. The number of rotatable bonds is 11. The minimum absolute atomic E-state index is 0.167. The highest BCUT2D eigenvalue weighted by atomic mass is 16.1. The molecule has 3 N–H and O–H groups in total. The van der Waals surface area contributed by atoms with Gasteiger partial charge in [-0.1, -0.05) is 45.2 Å². The molecule has 0 saturated heterocycles. The fraction of sp³-hybridized carbons (Fsp3) is 0.680. The molecule has 0 radical (unpaired) electrons. The standard InChI is InChI=1S/C25H43N5O/c1-5-30(6-2)17-11-12-20(3)28-25(26-4)27-19-21-13-10-16-23(18-21)29-24(31)22-14-8-7-9-15-22/h10,13,16,18,20,22H,5-9,11-12,14-15,17,19H2,1-4H3,(H,29,31)(H2,26,27,28). The summed E-state index contributed by atoms with van der Waals surface area (Å²) < 4.78 is 0. The van der Waals surface area contributed by atoms with E-state index in [1.165, 1.54) is 25.7 Å². The van der Waals surface area contributed by atoms with Gasteiger partial charge < -0.3 is 20.9 Å². The van der Waals surface area contributed by atoms with Gasteiger partial charge in [-0.15, -0.1) is 0 Å². The summed E-state index contributed by atoms with van der Waals surface area (Å²) in [7, 11) is 1.80. The molecule has 1 fully saturated rings. The van der Waals surface area contributed by atoms with Gasteiger partial charge in [-0.05, 0) is 69.9 Å². The van der Waals surface area contributed by atoms with Crippen molar-refractivity contribution in [2.24, 2.45) is 10.9 Å². The number of guanidine groups is 1. The lowest BCUT2D eigenvalue weighted by Gasteiger charge is -2.21. The summed E-state index contributed by atoms with van der Waals surface area (Å²) in [5.74, 6) is 1.15. The molecule has 174 valence electrons. The highest BCUT2D eigenvalue weighted by Gasteiger charge is 2.21. The number of carbonyl (C=O) groups excluding carboxylic acids is 1. The van der Waals surface area contributed by atoms with Gasteiger partial charge in [0.25, 0.3) is 0 Å². The molecule has 1 aromatic rings. The third-order valence-corrected chi connectivity index (χ3v) is 6.24. The fourth-order valence-corrected chi connectivity index (χ4v) is 4.22. The monoisotopic (exact) mass is 429 g/mol. The van der Waals surface area contributed by atoms with E-state index in [1.807, 2.05) is 12.1 Å². The van der Waals surface area contributed by atoms with Crippen LogP contribution in [0, 0.1) is 5.92 Å². The second-order valence-corrected chi connectivity index (χ2v) is 8.66. The van der Waals surface area contributed by atoms with Crippen molar-refractivity contribution in [2.45, 2.75) is 78.3 Å². The first kappa shape index (κ1) is 25.2. The van der Waals surface area contributed by atoms with Crippen LogP contribution in [-0.2, 0) is 11.3 Å². The van der Waals surface area contributed by atoms with Crippen molar-refractivity contribution in [1.29, 1.82) is 0 Å². The van der Waals surface area contributed by atoms with Crippen LogP contribution < -0.4 is 16.0 Å². The number of carbonyl (C=O) groups is 1. The number of hydrogen-bond donors (Lipinski definition) is 3. The van der Waals surface area contributed by atoms with Crippen LogP contribution >= 0.6 is 0 Å². The molecule has 1 saturated carbocycles. The zero-order valence-corrected chi connectivity index (χ0v) is 20.0. The van der Waals surface area contributed by atoms with E-state index in [1.54, 1.807) is 7.05 Å². The third-order valence-electron chi connectivity index (χ3n) is 6.24. The van der Waals surface area contributed by atoms with Crippen molar-refractivity contribution in [1.82, 2.24) is 15.5 Å². The number of benzene rings is 1. The van der Waals surface area contributed by atoms with E-state index in [0.29, 0.717) is 12.6 Å². The number of anilines is 1. The lowest BCUT2D eigenvalue weighted by molar-refractivity contribution is -0.120. The van der Waals surface area contributed by atoms with E-state index in [2.05, 4.69) is 58.7 Å². The lowest BCUT2D eigenvalue weighted by Crippen LogP contribution is -2.42. The fourth-order valence-electron chi connectivity index (χ4n) is 4.22. The van der Waals surface area contributed by atoms with Gasteiger partial charge in [0.2, 0.25) is 5.91 Å². The van der Waals surface area contributed by atoms with Gasteiger partial charge >= 0.3 is 0 Å². The van der Waals surface area contributed by atoms with Crippen LogP contribution in [0.5, 0.6) is 0 Å². The van der Waals surface area contributed by atoms with E-state index >= 15 is 0 Å². The predicted octanol–water partition coefficient (Wildman–Crippen LogP) is 4.38. The minimum atomic E-state index is 0.167. The number of amides is 1. The Kier molecular flexibility index (Phi) is 11.4. The van der Waals surface area contributed by atoms with E-state index in [9.17, 15) is 4.79 Å². The maximum absolute atomic E-state index is 12.5. The Morgan fingerprint density at radius 2 is 1.94 bits per heavy atom. The smallest absolute Gasteiger partial charge is 0.227 e. The first-order chi connectivity index (χ1) is 15.0. The van der Waals surface area contributed by atoms with Crippen molar-refractivity contribution in [3.8, 4) is 0 Å². The summed E-state index contributed by atoms with van der Waals surface area (Å²) in [5, 5.41) is 10.00. The second-order valence-electron chi connectivity index (χ2n) is 8.66. The van der Waals surface area contributed by atoms with Crippen LogP contribution in [0.4, 0.5) is 5.69 Å². The molecule has 6 nitrogen and oxygen atoms in total. The Labute approximate surface area is 189 Å². The molecule has 1 aromatic carbocycles. The molecule has 0 bridgehead atoms. The number of hydrogen-bond acceptors (Lipinski definition) is 3. The van der Waals surface area contributed by atoms with Crippen LogP contribution in [-0.4, -0.2) is 49.5 Å². The summed E-state index contributed by atoms with van der Waals surface area (Å²) in [6.45, 7) is 10.7. The average molecular weight is 430 g/mol. The molecule has 1 aliphatic rings. The molecule has 1 amide bonds. The molecule has 6 heteroatoms. The van der Waals surface area contributed by atoms with Crippen molar-refractivity contribution < 1.29 is 4.79 Å². The van der Waals surface area contributed by atoms with Gasteiger partial charge in [0.15, 0.2) is 5.96 Å². The van der Waals surface area contributed by atoms with Crippen LogP contribution in [0.1, 0.15) is 71.3 Å². The van der Waals surface area contributed by atoms with Gasteiger partial charge in [0.05, 0.1) is 0 Å². The Hall–Kier alpha value is -2.08. The van der Waals surface area contributed by atoms with E-state index in [0.717, 1.165) is 56.1 Å². The third kappa shape index (κ3) is 9.30. The zero-order chi connectivity index (χ0) is 22.5. The molecular weight excluding hydrogens is 386 g/mol. The summed E-state index contributed by atoms with van der Waals surface area (Å²) in [6.07, 6.45) is 7.92. The van der Waals surface area contributed by atoms with E-state index in [-0.39, 0.29) is 11.8 Å². The van der Waals surface area contributed by atoms with Crippen molar-refractivity contribution in [3.05, 3.63) is 29.8 Å². The Balaban J connectivity index is 1.77. The van der Waals surface area contributed by atoms with Gasteiger partial charge in [-0.3, -0.25) is 9.79 Å². The quantitative estimate of drug-likeness (QED) is 0.361. The summed E-state index contributed by atoms with van der Waals surface area (Å²) in [6, 6.07) is 8.45. The van der Waals surface area contributed by atoms with Gasteiger partial charge in [-0.25, -0.2) is 0 Å². The largest absolute Gasteiger partial charge is 0.354 e. The molecule has 0 spiro atoms. The van der Waals surface area contributed by atoms with Gasteiger partial charge in [0.1, 0.15) is 0 Å². The molecule has 31 heavy (non-hydrogen) atoms. The maximum Gasteiger partial charge on any atom is 0.227 e. The highest BCUT2D eigenvalue weighted by Crippen LogP contribution is 2.25. The van der Waals surface area contributed by atoms with Crippen LogP contribution in [0.25, 0.3) is 0 Å². The van der Waals surface area contributed by atoms with Crippen molar-refractivity contribution in [3.63, 3.8) is 0 Å². The maximum atomic E-state index is 12.5. The Morgan fingerprint density at radius 1 is 1.19 bits per heavy atom. The number of nitrogens with one attached hydrogen (secondary N) is 3. The van der Waals surface area contributed by atoms with E-state index in [4.69, 9.17) is 0 Å². The Bertz CT molecular complexity index is 680. The van der Waals surface area contributed by atoms with E-state index < -0.39 is 0 Å². The van der Waals surface area contributed by atoms with Crippen molar-refractivity contribution in [2.75, 3.05) is 32.0 Å². The normalized spacial score (nSPS) is 16.2. The minimum Gasteiger partial charge on any atom is -0.354 e. The Morgan fingerprint density at radius 3 is 2.61 bits per heavy atom. The molecule has 2 rings (SSSR count). The van der Waals surface area contributed by atoms with Gasteiger partial charge in [0, 0.05) is 31.2 Å². The molecule has 1 aliphatic carbocycles.